The molecule has 0 atom stereocenters. The summed E-state index contributed by atoms with van der Waals surface area (Å²) in [5.74, 6) is 0.884. The zero-order chi connectivity index (χ0) is 15.3. The molecule has 0 fully saturated rings. The SMILES string of the molecule is CCCC(CS)(CCC)Cn1ccc(=O)c2ccccc21. The molecule has 114 valence electrons. The molecule has 21 heavy (non-hydrogen) atoms. The van der Waals surface area contributed by atoms with Crippen LogP contribution in [0.4, 0.5) is 0 Å². The molecule has 0 saturated heterocycles. The number of benzene rings is 1. The minimum absolute atomic E-state index is 0.101. The van der Waals surface area contributed by atoms with Gasteiger partial charge in [-0.1, -0.05) is 38.8 Å². The minimum Gasteiger partial charge on any atom is -0.347 e. The van der Waals surface area contributed by atoms with Crippen molar-refractivity contribution in [1.82, 2.24) is 4.57 Å². The number of nitrogens with zero attached hydrogens (tertiary/aromatic N) is 1. The van der Waals surface area contributed by atoms with Crippen molar-refractivity contribution < 1.29 is 0 Å². The standard InChI is InChI=1S/C18H25NOS/c1-3-10-18(14-21,11-4-2)13-19-12-9-17(20)15-7-5-6-8-16(15)19/h5-9,12,21H,3-4,10-11,13-14H2,1-2H3. The summed E-state index contributed by atoms with van der Waals surface area (Å²) in [5, 5.41) is 0.807. The van der Waals surface area contributed by atoms with E-state index in [9.17, 15) is 4.79 Å². The molecule has 0 radical (unpaired) electrons. The number of hydrogen-bond donors (Lipinski definition) is 1. The molecule has 0 aliphatic carbocycles. The van der Waals surface area contributed by atoms with Crippen LogP contribution in [0.1, 0.15) is 39.5 Å². The highest BCUT2D eigenvalue weighted by atomic mass is 32.1. The first-order chi connectivity index (χ1) is 10.2. The third-order valence-corrected chi connectivity index (χ3v) is 4.96. The largest absolute Gasteiger partial charge is 0.347 e. The molecule has 0 unspecified atom stereocenters. The number of thiol groups is 1. The highest BCUT2D eigenvalue weighted by molar-refractivity contribution is 7.80. The van der Waals surface area contributed by atoms with E-state index in [0.29, 0.717) is 0 Å². The van der Waals surface area contributed by atoms with Crippen molar-refractivity contribution in [2.75, 3.05) is 5.75 Å². The molecular weight excluding hydrogens is 278 g/mol. The second-order valence-corrected chi connectivity index (χ2v) is 6.30. The monoisotopic (exact) mass is 303 g/mol. The van der Waals surface area contributed by atoms with Gasteiger partial charge in [-0.2, -0.15) is 12.6 Å². The quantitative estimate of drug-likeness (QED) is 0.746. The number of aromatic nitrogens is 1. The normalized spacial score (nSPS) is 12.0. The van der Waals surface area contributed by atoms with Crippen molar-refractivity contribution in [1.29, 1.82) is 0 Å². The molecule has 1 aromatic heterocycles. The van der Waals surface area contributed by atoms with Gasteiger partial charge in [0.25, 0.3) is 0 Å². The fourth-order valence-corrected chi connectivity index (χ4v) is 3.73. The van der Waals surface area contributed by atoms with Gasteiger partial charge in [0.05, 0.1) is 5.52 Å². The topological polar surface area (TPSA) is 22.0 Å². The van der Waals surface area contributed by atoms with Crippen LogP contribution in [0, 0.1) is 5.41 Å². The predicted octanol–water partition coefficient (Wildman–Crippen LogP) is 4.52. The van der Waals surface area contributed by atoms with Crippen molar-refractivity contribution in [3.63, 3.8) is 0 Å². The molecule has 0 bridgehead atoms. The fraction of sp³-hybridized carbons (Fsp3) is 0.500. The smallest absolute Gasteiger partial charge is 0.189 e. The van der Waals surface area contributed by atoms with Gasteiger partial charge in [-0.3, -0.25) is 4.79 Å². The molecular formula is C18H25NOS. The van der Waals surface area contributed by atoms with E-state index in [1.54, 1.807) is 6.07 Å². The Kier molecular flexibility index (Phi) is 5.51. The van der Waals surface area contributed by atoms with Gasteiger partial charge >= 0.3 is 0 Å². The third-order valence-electron chi connectivity index (χ3n) is 4.29. The van der Waals surface area contributed by atoms with E-state index < -0.39 is 0 Å². The lowest BCUT2D eigenvalue weighted by Crippen LogP contribution is -2.29. The highest BCUT2D eigenvalue weighted by Crippen LogP contribution is 2.34. The van der Waals surface area contributed by atoms with Crippen LogP contribution < -0.4 is 5.43 Å². The van der Waals surface area contributed by atoms with Crippen LogP contribution in [-0.4, -0.2) is 10.3 Å². The molecule has 0 amide bonds. The molecule has 0 saturated carbocycles. The van der Waals surface area contributed by atoms with E-state index in [2.05, 4.69) is 31.0 Å². The molecule has 0 N–H and O–H groups in total. The summed E-state index contributed by atoms with van der Waals surface area (Å²) >= 11 is 4.64. The number of para-hydroxylation sites is 1. The number of rotatable bonds is 7. The Morgan fingerprint density at radius 3 is 2.38 bits per heavy atom. The van der Waals surface area contributed by atoms with Crippen molar-refractivity contribution in [2.24, 2.45) is 5.41 Å². The maximum absolute atomic E-state index is 12.0. The fourth-order valence-electron chi connectivity index (χ4n) is 3.31. The summed E-state index contributed by atoms with van der Waals surface area (Å²) in [6.45, 7) is 5.40. The van der Waals surface area contributed by atoms with Gasteiger partial charge < -0.3 is 4.57 Å². The minimum atomic E-state index is 0.101. The Bertz CT molecular complexity index is 641. The lowest BCUT2D eigenvalue weighted by Gasteiger charge is -2.33. The van der Waals surface area contributed by atoms with Crippen LogP contribution in [0.25, 0.3) is 10.9 Å². The molecule has 0 aliphatic rings. The lowest BCUT2D eigenvalue weighted by atomic mass is 9.80. The van der Waals surface area contributed by atoms with Gasteiger partial charge in [-0.15, -0.1) is 0 Å². The van der Waals surface area contributed by atoms with Crippen molar-refractivity contribution in [2.45, 2.75) is 46.1 Å². The van der Waals surface area contributed by atoms with Gasteiger partial charge in [0.1, 0.15) is 0 Å². The van der Waals surface area contributed by atoms with Crippen LogP contribution in [0.2, 0.25) is 0 Å². The second-order valence-electron chi connectivity index (χ2n) is 5.98. The Morgan fingerprint density at radius 2 is 1.76 bits per heavy atom. The number of hydrogen-bond acceptors (Lipinski definition) is 2. The average Bonchev–Trinajstić information content (AvgIpc) is 2.51. The first-order valence-corrected chi connectivity index (χ1v) is 8.48. The summed E-state index contributed by atoms with van der Waals surface area (Å²) in [5.41, 5.74) is 1.34. The van der Waals surface area contributed by atoms with Crippen molar-refractivity contribution in [3.05, 3.63) is 46.8 Å². The maximum Gasteiger partial charge on any atom is 0.189 e. The highest BCUT2D eigenvalue weighted by Gasteiger charge is 2.27. The third kappa shape index (κ3) is 3.52. The second kappa shape index (κ2) is 7.17. The molecule has 1 aromatic carbocycles. The van der Waals surface area contributed by atoms with Gasteiger partial charge in [-0.05, 0) is 36.1 Å². The van der Waals surface area contributed by atoms with Crippen LogP contribution in [0.3, 0.4) is 0 Å². The predicted molar refractivity (Wildman–Crippen MR) is 94.3 cm³/mol. The molecule has 2 aromatic rings. The maximum atomic E-state index is 12.0. The summed E-state index contributed by atoms with van der Waals surface area (Å²) in [7, 11) is 0. The summed E-state index contributed by atoms with van der Waals surface area (Å²) < 4.78 is 2.23. The first kappa shape index (κ1) is 16.2. The summed E-state index contributed by atoms with van der Waals surface area (Å²) in [4.78, 5) is 12.0. The summed E-state index contributed by atoms with van der Waals surface area (Å²) in [6, 6.07) is 9.57. The first-order valence-electron chi connectivity index (χ1n) is 7.85. The Morgan fingerprint density at radius 1 is 1.10 bits per heavy atom. The van der Waals surface area contributed by atoms with E-state index in [4.69, 9.17) is 0 Å². The summed E-state index contributed by atoms with van der Waals surface area (Å²) in [6.07, 6.45) is 6.61. The van der Waals surface area contributed by atoms with Crippen LogP contribution in [-0.2, 0) is 6.54 Å². The van der Waals surface area contributed by atoms with Crippen LogP contribution >= 0.6 is 12.6 Å². The van der Waals surface area contributed by atoms with Crippen molar-refractivity contribution >= 4 is 23.5 Å². The molecule has 1 heterocycles. The van der Waals surface area contributed by atoms with Crippen LogP contribution in [0.5, 0.6) is 0 Å². The van der Waals surface area contributed by atoms with E-state index in [0.717, 1.165) is 23.2 Å². The lowest BCUT2D eigenvalue weighted by molar-refractivity contribution is 0.234. The van der Waals surface area contributed by atoms with Gasteiger partial charge in [0, 0.05) is 24.2 Å². The molecule has 2 rings (SSSR count). The number of pyridine rings is 1. The van der Waals surface area contributed by atoms with Gasteiger partial charge in [0.2, 0.25) is 0 Å². The Hall–Kier alpha value is -1.22. The molecule has 0 aliphatic heterocycles. The molecule has 3 heteroatoms. The van der Waals surface area contributed by atoms with Gasteiger partial charge in [-0.25, -0.2) is 0 Å². The Labute approximate surface area is 132 Å². The van der Waals surface area contributed by atoms with Gasteiger partial charge in [0.15, 0.2) is 5.43 Å². The number of fused-ring (bicyclic) bond motifs is 1. The zero-order valence-corrected chi connectivity index (χ0v) is 13.9. The Balaban J connectivity index is 2.46. The average molecular weight is 303 g/mol. The van der Waals surface area contributed by atoms with E-state index in [1.807, 2.05) is 30.5 Å². The molecule has 0 spiro atoms. The molecule has 2 nitrogen and oxygen atoms in total. The van der Waals surface area contributed by atoms with Crippen LogP contribution in [0.15, 0.2) is 41.3 Å². The van der Waals surface area contributed by atoms with E-state index in [1.165, 1.54) is 25.7 Å². The van der Waals surface area contributed by atoms with E-state index >= 15 is 0 Å². The van der Waals surface area contributed by atoms with E-state index in [-0.39, 0.29) is 10.8 Å². The zero-order valence-electron chi connectivity index (χ0n) is 13.0. The van der Waals surface area contributed by atoms with Crippen molar-refractivity contribution in [3.8, 4) is 0 Å².